The highest BCUT2D eigenvalue weighted by atomic mass is 16.5. The summed E-state index contributed by atoms with van der Waals surface area (Å²) in [5, 5.41) is 3.94. The summed E-state index contributed by atoms with van der Waals surface area (Å²) in [5.41, 5.74) is 3.68. The maximum absolute atomic E-state index is 12.7. The number of amides is 2. The molecule has 162 valence electrons. The number of H-pyrrole nitrogens is 1. The number of piperazine rings is 1. The number of carbonyl (C=O) groups is 1. The second kappa shape index (κ2) is 8.58. The first kappa shape index (κ1) is 19.9. The van der Waals surface area contributed by atoms with Gasteiger partial charge in [0.15, 0.2) is 0 Å². The Balaban J connectivity index is 1.27. The minimum Gasteiger partial charge on any atom is -0.497 e. The fourth-order valence-electron chi connectivity index (χ4n) is 3.95. The maximum atomic E-state index is 12.7. The molecule has 32 heavy (non-hydrogen) atoms. The van der Waals surface area contributed by atoms with E-state index in [-0.39, 0.29) is 6.03 Å². The SMILES string of the molecule is COc1ccc(NC(=O)N2CCN(c3ncnc4[nH]c(-c5ccccc5)cc34)CC2)cc1. The fourth-order valence-corrected chi connectivity index (χ4v) is 3.95. The molecule has 1 aliphatic heterocycles. The lowest BCUT2D eigenvalue weighted by atomic mass is 10.1. The van der Waals surface area contributed by atoms with E-state index in [9.17, 15) is 4.79 Å². The van der Waals surface area contributed by atoms with E-state index in [0.29, 0.717) is 26.2 Å². The molecule has 2 aromatic carbocycles. The van der Waals surface area contributed by atoms with Crippen LogP contribution in [-0.2, 0) is 0 Å². The highest BCUT2D eigenvalue weighted by molar-refractivity contribution is 5.92. The van der Waals surface area contributed by atoms with Gasteiger partial charge in [0.2, 0.25) is 0 Å². The third-order valence-corrected chi connectivity index (χ3v) is 5.70. The summed E-state index contributed by atoms with van der Waals surface area (Å²) in [5.74, 6) is 1.65. The normalized spacial score (nSPS) is 13.9. The topological polar surface area (TPSA) is 86.4 Å². The molecule has 0 aliphatic carbocycles. The number of aromatic nitrogens is 3. The van der Waals surface area contributed by atoms with Crippen LogP contribution in [0.2, 0.25) is 0 Å². The number of methoxy groups -OCH3 is 1. The van der Waals surface area contributed by atoms with Gasteiger partial charge < -0.3 is 24.8 Å². The Morgan fingerprint density at radius 2 is 1.75 bits per heavy atom. The Hall–Kier alpha value is -4.07. The van der Waals surface area contributed by atoms with Crippen molar-refractivity contribution in [1.29, 1.82) is 0 Å². The highest BCUT2D eigenvalue weighted by Crippen LogP contribution is 2.29. The number of nitrogens with zero attached hydrogens (tertiary/aromatic N) is 4. The van der Waals surface area contributed by atoms with Crippen LogP contribution >= 0.6 is 0 Å². The minimum atomic E-state index is -0.101. The average Bonchev–Trinajstić information content (AvgIpc) is 3.30. The molecule has 3 heterocycles. The average molecular weight is 428 g/mol. The number of carbonyl (C=O) groups excluding carboxylic acids is 1. The predicted molar refractivity (Wildman–Crippen MR) is 125 cm³/mol. The molecule has 0 unspecified atom stereocenters. The molecule has 0 radical (unpaired) electrons. The number of rotatable bonds is 4. The summed E-state index contributed by atoms with van der Waals surface area (Å²) in [6.07, 6.45) is 1.59. The maximum Gasteiger partial charge on any atom is 0.321 e. The molecule has 0 atom stereocenters. The fraction of sp³-hybridized carbons (Fsp3) is 0.208. The summed E-state index contributed by atoms with van der Waals surface area (Å²) in [6.45, 7) is 2.63. The van der Waals surface area contributed by atoms with Crippen molar-refractivity contribution in [1.82, 2.24) is 19.9 Å². The van der Waals surface area contributed by atoms with Gasteiger partial charge in [0.1, 0.15) is 23.5 Å². The number of urea groups is 1. The van der Waals surface area contributed by atoms with Gasteiger partial charge >= 0.3 is 6.03 Å². The molecule has 1 saturated heterocycles. The summed E-state index contributed by atoms with van der Waals surface area (Å²) >= 11 is 0. The highest BCUT2D eigenvalue weighted by Gasteiger charge is 2.24. The second-order valence-electron chi connectivity index (χ2n) is 7.64. The molecule has 0 saturated carbocycles. The Morgan fingerprint density at radius 3 is 2.47 bits per heavy atom. The van der Waals surface area contributed by atoms with Crippen LogP contribution in [0.4, 0.5) is 16.3 Å². The number of hydrogen-bond donors (Lipinski definition) is 2. The molecule has 2 amide bonds. The standard InChI is InChI=1S/C24H24N6O2/c1-32-19-9-7-18(8-10-19)27-24(31)30-13-11-29(12-14-30)23-20-15-21(17-5-3-2-4-6-17)28-22(20)25-16-26-23/h2-10,15-16H,11-14H2,1H3,(H,27,31)(H,25,26,28). The van der Waals surface area contributed by atoms with Crippen molar-refractivity contribution in [3.05, 3.63) is 67.0 Å². The monoisotopic (exact) mass is 428 g/mol. The van der Waals surface area contributed by atoms with E-state index in [1.165, 1.54) is 0 Å². The van der Waals surface area contributed by atoms with Crippen LogP contribution in [-0.4, -0.2) is 59.2 Å². The van der Waals surface area contributed by atoms with Crippen LogP contribution in [0.5, 0.6) is 5.75 Å². The molecule has 0 bridgehead atoms. The van der Waals surface area contributed by atoms with E-state index in [0.717, 1.165) is 39.5 Å². The van der Waals surface area contributed by atoms with Crippen molar-refractivity contribution in [2.24, 2.45) is 0 Å². The quantitative estimate of drug-likeness (QED) is 0.513. The second-order valence-corrected chi connectivity index (χ2v) is 7.64. The molecule has 2 aromatic heterocycles. The van der Waals surface area contributed by atoms with Crippen LogP contribution in [0.3, 0.4) is 0 Å². The van der Waals surface area contributed by atoms with Gasteiger partial charge in [-0.2, -0.15) is 0 Å². The van der Waals surface area contributed by atoms with Gasteiger partial charge in [-0.1, -0.05) is 30.3 Å². The van der Waals surface area contributed by atoms with Crippen LogP contribution in [0, 0.1) is 0 Å². The number of ether oxygens (including phenoxy) is 1. The zero-order valence-electron chi connectivity index (χ0n) is 17.8. The minimum absolute atomic E-state index is 0.101. The smallest absolute Gasteiger partial charge is 0.321 e. The number of anilines is 2. The van der Waals surface area contributed by atoms with Crippen LogP contribution in [0.25, 0.3) is 22.3 Å². The molecule has 5 rings (SSSR count). The van der Waals surface area contributed by atoms with Crippen molar-refractivity contribution >= 4 is 28.6 Å². The van der Waals surface area contributed by atoms with Crippen molar-refractivity contribution in [3.8, 4) is 17.0 Å². The number of nitrogens with one attached hydrogen (secondary N) is 2. The predicted octanol–water partition coefficient (Wildman–Crippen LogP) is 3.99. The molecular formula is C24H24N6O2. The molecule has 8 heteroatoms. The summed E-state index contributed by atoms with van der Waals surface area (Å²) in [4.78, 5) is 29.1. The number of fused-ring (bicyclic) bond motifs is 1. The molecule has 1 fully saturated rings. The van der Waals surface area contributed by atoms with Gasteiger partial charge in [0.05, 0.1) is 12.5 Å². The van der Waals surface area contributed by atoms with Crippen LogP contribution in [0.15, 0.2) is 67.0 Å². The van der Waals surface area contributed by atoms with E-state index in [4.69, 9.17) is 4.74 Å². The van der Waals surface area contributed by atoms with Gasteiger partial charge in [0, 0.05) is 37.6 Å². The van der Waals surface area contributed by atoms with Crippen LogP contribution < -0.4 is 15.0 Å². The van der Waals surface area contributed by atoms with Gasteiger partial charge in [-0.15, -0.1) is 0 Å². The summed E-state index contributed by atoms with van der Waals surface area (Å²) < 4.78 is 5.16. The lowest BCUT2D eigenvalue weighted by Gasteiger charge is -2.35. The van der Waals surface area contributed by atoms with Crippen molar-refractivity contribution in [3.63, 3.8) is 0 Å². The van der Waals surface area contributed by atoms with Gasteiger partial charge in [-0.05, 0) is 35.9 Å². The first-order valence-electron chi connectivity index (χ1n) is 10.6. The lowest BCUT2D eigenvalue weighted by molar-refractivity contribution is 0.208. The zero-order chi connectivity index (χ0) is 21.9. The molecule has 4 aromatic rings. The largest absolute Gasteiger partial charge is 0.497 e. The third kappa shape index (κ3) is 3.94. The van der Waals surface area contributed by atoms with E-state index >= 15 is 0 Å². The Morgan fingerprint density at radius 1 is 1.00 bits per heavy atom. The van der Waals surface area contributed by atoms with Crippen LogP contribution in [0.1, 0.15) is 0 Å². The van der Waals surface area contributed by atoms with Crippen molar-refractivity contribution in [2.45, 2.75) is 0 Å². The number of hydrogen-bond acceptors (Lipinski definition) is 5. The molecular weight excluding hydrogens is 404 g/mol. The molecule has 0 spiro atoms. The van der Waals surface area contributed by atoms with Crippen molar-refractivity contribution in [2.75, 3.05) is 43.5 Å². The molecule has 2 N–H and O–H groups in total. The first-order valence-corrected chi connectivity index (χ1v) is 10.6. The third-order valence-electron chi connectivity index (χ3n) is 5.70. The van der Waals surface area contributed by atoms with E-state index in [1.54, 1.807) is 13.4 Å². The molecule has 1 aliphatic rings. The lowest BCUT2D eigenvalue weighted by Crippen LogP contribution is -2.50. The number of aromatic amines is 1. The van der Waals surface area contributed by atoms with E-state index < -0.39 is 0 Å². The Kier molecular flexibility index (Phi) is 5.33. The Bertz CT molecular complexity index is 1210. The summed E-state index contributed by atoms with van der Waals surface area (Å²) in [6, 6.07) is 19.5. The Labute approximate surface area is 185 Å². The van der Waals surface area contributed by atoms with Gasteiger partial charge in [-0.25, -0.2) is 14.8 Å². The molecule has 8 nitrogen and oxygen atoms in total. The van der Waals surface area contributed by atoms with E-state index in [2.05, 4.69) is 43.4 Å². The zero-order valence-corrected chi connectivity index (χ0v) is 17.8. The van der Waals surface area contributed by atoms with E-state index in [1.807, 2.05) is 47.4 Å². The summed E-state index contributed by atoms with van der Waals surface area (Å²) in [7, 11) is 1.62. The number of benzene rings is 2. The van der Waals surface area contributed by atoms with Crippen molar-refractivity contribution < 1.29 is 9.53 Å². The van der Waals surface area contributed by atoms with Gasteiger partial charge in [-0.3, -0.25) is 0 Å². The first-order chi connectivity index (χ1) is 15.7. The van der Waals surface area contributed by atoms with Gasteiger partial charge in [0.25, 0.3) is 0 Å².